The van der Waals surface area contributed by atoms with E-state index in [1.54, 1.807) is 0 Å². The van der Waals surface area contributed by atoms with Crippen LogP contribution in [0, 0.1) is 5.92 Å². The van der Waals surface area contributed by atoms with Crippen LogP contribution in [0.3, 0.4) is 0 Å². The van der Waals surface area contributed by atoms with Gasteiger partial charge in [0, 0.05) is 25.4 Å². The quantitative estimate of drug-likeness (QED) is 0.613. The van der Waals surface area contributed by atoms with Crippen molar-refractivity contribution in [2.75, 3.05) is 14.1 Å². The van der Waals surface area contributed by atoms with Gasteiger partial charge in [-0.2, -0.15) is 0 Å². The van der Waals surface area contributed by atoms with Crippen LogP contribution in [0.15, 0.2) is 4.99 Å². The number of nitrogens with zero attached hydrogens (tertiary/aromatic N) is 2. The zero-order valence-electron chi connectivity index (χ0n) is 9.36. The van der Waals surface area contributed by atoms with Crippen LogP contribution < -0.4 is 0 Å². The van der Waals surface area contributed by atoms with Gasteiger partial charge in [-0.25, -0.2) is 0 Å². The molecule has 0 aromatic heterocycles. The van der Waals surface area contributed by atoms with Gasteiger partial charge in [-0.05, 0) is 18.8 Å². The molecule has 2 rings (SSSR count). The Morgan fingerprint density at radius 3 is 2.93 bits per heavy atom. The molecule has 0 bridgehead atoms. The number of thioether (sulfide) groups is 1. The smallest absolute Gasteiger partial charge is 0.159 e. The molecule has 3 heteroatoms. The molecule has 0 spiro atoms. The third kappa shape index (κ3) is 1.79. The number of rotatable bonds is 0. The van der Waals surface area contributed by atoms with Gasteiger partial charge in [0.25, 0.3) is 0 Å². The van der Waals surface area contributed by atoms with E-state index in [0.29, 0.717) is 0 Å². The van der Waals surface area contributed by atoms with E-state index in [4.69, 9.17) is 0 Å². The molecule has 0 N–H and O–H groups in total. The zero-order valence-corrected chi connectivity index (χ0v) is 10.2. The summed E-state index contributed by atoms with van der Waals surface area (Å²) in [6, 6.07) is 0.753. The maximum absolute atomic E-state index is 4.35. The second-order valence-electron chi connectivity index (χ2n) is 4.61. The van der Waals surface area contributed by atoms with Crippen LogP contribution in [0.2, 0.25) is 0 Å². The van der Waals surface area contributed by atoms with Crippen LogP contribution in [-0.2, 0) is 0 Å². The third-order valence-electron chi connectivity index (χ3n) is 3.51. The van der Waals surface area contributed by atoms with Crippen molar-refractivity contribution >= 4 is 16.9 Å². The minimum atomic E-state index is 0.753. The fraction of sp³-hybridized carbons (Fsp3) is 0.909. The lowest BCUT2D eigenvalue weighted by atomic mass is 10.0. The van der Waals surface area contributed by atoms with Gasteiger partial charge in [0.15, 0.2) is 5.17 Å². The normalized spacial score (nSPS) is 41.2. The van der Waals surface area contributed by atoms with Crippen LogP contribution in [0.4, 0.5) is 0 Å². The summed E-state index contributed by atoms with van der Waals surface area (Å²) < 4.78 is 0. The van der Waals surface area contributed by atoms with Gasteiger partial charge in [-0.3, -0.25) is 4.99 Å². The fourth-order valence-corrected chi connectivity index (χ4v) is 4.25. The highest BCUT2D eigenvalue weighted by atomic mass is 32.2. The average molecular weight is 212 g/mol. The summed E-state index contributed by atoms with van der Waals surface area (Å²) in [5.74, 6) is 0.905. The first-order valence-electron chi connectivity index (χ1n) is 5.58. The lowest BCUT2D eigenvalue weighted by Crippen LogP contribution is -2.33. The first-order chi connectivity index (χ1) is 6.72. The average Bonchev–Trinajstić information content (AvgIpc) is 2.34. The molecule has 80 valence electrons. The van der Waals surface area contributed by atoms with E-state index in [-0.39, 0.29) is 0 Å². The van der Waals surface area contributed by atoms with Gasteiger partial charge >= 0.3 is 0 Å². The summed E-state index contributed by atoms with van der Waals surface area (Å²) >= 11 is 2.00. The first kappa shape index (κ1) is 10.3. The van der Waals surface area contributed by atoms with Crippen molar-refractivity contribution in [2.24, 2.45) is 10.9 Å². The Balaban J connectivity index is 2.12. The van der Waals surface area contributed by atoms with Crippen LogP contribution in [0.1, 0.15) is 32.6 Å². The number of hydrogen-bond donors (Lipinski definition) is 0. The minimum absolute atomic E-state index is 0.753. The molecule has 2 aliphatic rings. The molecule has 0 aromatic rings. The predicted octanol–water partition coefficient (Wildman–Crippen LogP) is 2.60. The molecule has 0 radical (unpaired) electrons. The fourth-order valence-electron chi connectivity index (χ4n) is 2.67. The van der Waals surface area contributed by atoms with Gasteiger partial charge in [-0.1, -0.05) is 31.5 Å². The van der Waals surface area contributed by atoms with Crippen molar-refractivity contribution < 1.29 is 0 Å². The molecule has 2 nitrogen and oxygen atoms in total. The van der Waals surface area contributed by atoms with E-state index >= 15 is 0 Å². The number of aliphatic imine (C=N–C) groups is 1. The van der Waals surface area contributed by atoms with E-state index in [0.717, 1.165) is 17.2 Å². The zero-order chi connectivity index (χ0) is 10.1. The van der Waals surface area contributed by atoms with E-state index < -0.39 is 0 Å². The summed E-state index contributed by atoms with van der Waals surface area (Å²) in [5.41, 5.74) is 0. The summed E-state index contributed by atoms with van der Waals surface area (Å²) in [5, 5.41) is 2.05. The molecule has 2 fully saturated rings. The Labute approximate surface area is 91.2 Å². The summed E-state index contributed by atoms with van der Waals surface area (Å²) in [4.78, 5) is 6.75. The van der Waals surface area contributed by atoms with E-state index in [2.05, 4.69) is 23.9 Å². The van der Waals surface area contributed by atoms with Crippen molar-refractivity contribution in [1.82, 2.24) is 4.90 Å². The van der Waals surface area contributed by atoms with Gasteiger partial charge in [0.2, 0.25) is 0 Å². The van der Waals surface area contributed by atoms with Gasteiger partial charge in [0.05, 0.1) is 0 Å². The Morgan fingerprint density at radius 2 is 2.21 bits per heavy atom. The van der Waals surface area contributed by atoms with Crippen molar-refractivity contribution in [3.8, 4) is 0 Å². The highest BCUT2D eigenvalue weighted by molar-refractivity contribution is 8.14. The lowest BCUT2D eigenvalue weighted by Gasteiger charge is -2.22. The molecule has 1 aliphatic heterocycles. The topological polar surface area (TPSA) is 15.6 Å². The first-order valence-corrected chi connectivity index (χ1v) is 6.46. The summed E-state index contributed by atoms with van der Waals surface area (Å²) in [6.45, 7) is 2.39. The molecule has 0 amide bonds. The van der Waals surface area contributed by atoms with Crippen molar-refractivity contribution in [3.05, 3.63) is 0 Å². The number of hydrogen-bond acceptors (Lipinski definition) is 2. The monoisotopic (exact) mass is 212 g/mol. The molecule has 1 aliphatic carbocycles. The maximum atomic E-state index is 4.35. The van der Waals surface area contributed by atoms with Gasteiger partial charge in [0.1, 0.15) is 0 Å². The van der Waals surface area contributed by atoms with Crippen LogP contribution >= 0.6 is 11.8 Å². The van der Waals surface area contributed by atoms with E-state index in [9.17, 15) is 0 Å². The molecule has 1 saturated heterocycles. The van der Waals surface area contributed by atoms with Crippen LogP contribution in [-0.4, -0.2) is 35.5 Å². The predicted molar refractivity (Wildman–Crippen MR) is 63.9 cm³/mol. The second-order valence-corrected chi connectivity index (χ2v) is 5.82. The largest absolute Gasteiger partial charge is 0.350 e. The van der Waals surface area contributed by atoms with Crippen LogP contribution in [0.25, 0.3) is 0 Å². The highest BCUT2D eigenvalue weighted by Gasteiger charge is 2.38. The van der Waals surface area contributed by atoms with Crippen molar-refractivity contribution in [2.45, 2.75) is 43.9 Å². The molecule has 1 heterocycles. The third-order valence-corrected chi connectivity index (χ3v) is 5.00. The lowest BCUT2D eigenvalue weighted by molar-refractivity contribution is 0.353. The second kappa shape index (κ2) is 4.13. The summed E-state index contributed by atoms with van der Waals surface area (Å²) in [6.07, 6.45) is 5.54. The van der Waals surface area contributed by atoms with Crippen molar-refractivity contribution in [1.29, 1.82) is 0 Å². The molecular weight excluding hydrogens is 192 g/mol. The maximum Gasteiger partial charge on any atom is 0.159 e. The highest BCUT2D eigenvalue weighted by Crippen LogP contribution is 2.40. The van der Waals surface area contributed by atoms with E-state index in [1.807, 2.05) is 18.8 Å². The standard InChI is InChI=1S/C11H20N2S/c1-8-5-4-6-9-10(7-8)14-11(12-2)13(9)3/h8-10H,4-7H2,1-3H3. The molecule has 3 unspecified atom stereocenters. The Kier molecular flexibility index (Phi) is 3.05. The molecule has 14 heavy (non-hydrogen) atoms. The number of amidine groups is 1. The van der Waals surface area contributed by atoms with Gasteiger partial charge < -0.3 is 4.90 Å². The Morgan fingerprint density at radius 1 is 1.43 bits per heavy atom. The van der Waals surface area contributed by atoms with E-state index in [1.165, 1.54) is 30.9 Å². The minimum Gasteiger partial charge on any atom is -0.350 e. The SMILES string of the molecule is CN=C1SC2CC(C)CCCC2N1C. The molecule has 1 saturated carbocycles. The Hall–Kier alpha value is -0.180. The summed E-state index contributed by atoms with van der Waals surface area (Å²) in [7, 11) is 4.11. The molecule has 3 atom stereocenters. The molecular formula is C11H20N2S. The van der Waals surface area contributed by atoms with Crippen molar-refractivity contribution in [3.63, 3.8) is 0 Å². The van der Waals surface area contributed by atoms with Crippen LogP contribution in [0.5, 0.6) is 0 Å². The Bertz CT molecular complexity index is 239. The van der Waals surface area contributed by atoms with Gasteiger partial charge in [-0.15, -0.1) is 0 Å². The number of fused-ring (bicyclic) bond motifs is 1. The molecule has 0 aromatic carbocycles.